The number of aliphatic hydroxyl groups is 1. The normalized spacial score (nSPS) is 12.1. The summed E-state index contributed by atoms with van der Waals surface area (Å²) in [7, 11) is 1.62. The molecule has 22 heavy (non-hydrogen) atoms. The highest BCUT2D eigenvalue weighted by Gasteiger charge is 2.09. The Balaban J connectivity index is 1.73. The molecule has 0 bridgehead atoms. The fraction of sp³-hybridized carbons (Fsp3) is 0.176. The van der Waals surface area contributed by atoms with Crippen molar-refractivity contribution in [3.05, 3.63) is 60.4 Å². The van der Waals surface area contributed by atoms with Crippen LogP contribution in [-0.4, -0.2) is 28.7 Å². The molecule has 1 aromatic heterocycles. The maximum Gasteiger partial charge on any atom is 0.137 e. The largest absolute Gasteiger partial charge is 0.497 e. The van der Waals surface area contributed by atoms with Crippen LogP contribution in [0.4, 0.5) is 5.82 Å². The number of anilines is 1. The maximum absolute atomic E-state index is 10.3. The summed E-state index contributed by atoms with van der Waals surface area (Å²) in [6.07, 6.45) is 0.893. The van der Waals surface area contributed by atoms with Crippen molar-refractivity contribution in [3.8, 4) is 5.75 Å². The lowest BCUT2D eigenvalue weighted by molar-refractivity contribution is 0.191. The van der Waals surface area contributed by atoms with Gasteiger partial charge >= 0.3 is 0 Å². The zero-order valence-electron chi connectivity index (χ0n) is 12.2. The van der Waals surface area contributed by atoms with E-state index in [0.29, 0.717) is 6.54 Å². The van der Waals surface area contributed by atoms with E-state index >= 15 is 0 Å². The minimum Gasteiger partial charge on any atom is -0.497 e. The van der Waals surface area contributed by atoms with Crippen molar-refractivity contribution in [1.82, 2.24) is 9.97 Å². The minimum absolute atomic E-state index is 0.368. The molecule has 112 valence electrons. The standard InChI is InChI=1S/C17H17N3O2/c1-22-13-8-6-12(7-9-13)16(21)10-18-17-14-4-2-3-5-15(14)19-11-20-17/h2-9,11,16,21H,10H2,1H3,(H,18,19,20). The Morgan fingerprint density at radius 2 is 1.86 bits per heavy atom. The Labute approximate surface area is 128 Å². The van der Waals surface area contributed by atoms with Gasteiger partial charge < -0.3 is 15.2 Å². The van der Waals surface area contributed by atoms with Gasteiger partial charge in [-0.15, -0.1) is 0 Å². The first-order valence-corrected chi connectivity index (χ1v) is 7.03. The lowest BCUT2D eigenvalue weighted by Gasteiger charge is -2.14. The number of fused-ring (bicyclic) bond motifs is 1. The third-order valence-electron chi connectivity index (χ3n) is 3.51. The maximum atomic E-state index is 10.3. The number of hydrogen-bond donors (Lipinski definition) is 2. The number of benzene rings is 2. The summed E-state index contributed by atoms with van der Waals surface area (Å²) in [4.78, 5) is 8.47. The van der Waals surface area contributed by atoms with E-state index in [9.17, 15) is 5.11 Å². The summed E-state index contributed by atoms with van der Waals surface area (Å²) in [5.41, 5.74) is 1.70. The summed E-state index contributed by atoms with van der Waals surface area (Å²) in [5, 5.41) is 14.4. The molecule has 1 heterocycles. The number of aromatic nitrogens is 2. The molecule has 3 rings (SSSR count). The molecule has 0 saturated heterocycles. The van der Waals surface area contributed by atoms with Crippen LogP contribution in [0.3, 0.4) is 0 Å². The summed E-state index contributed by atoms with van der Waals surface area (Å²) >= 11 is 0. The van der Waals surface area contributed by atoms with Gasteiger partial charge in [-0.05, 0) is 29.8 Å². The van der Waals surface area contributed by atoms with Gasteiger partial charge in [0.1, 0.15) is 17.9 Å². The van der Waals surface area contributed by atoms with E-state index in [0.717, 1.165) is 28.0 Å². The van der Waals surface area contributed by atoms with Crippen LogP contribution >= 0.6 is 0 Å². The molecule has 1 unspecified atom stereocenters. The lowest BCUT2D eigenvalue weighted by atomic mass is 10.1. The van der Waals surface area contributed by atoms with Crippen LogP contribution in [0.5, 0.6) is 5.75 Å². The van der Waals surface area contributed by atoms with E-state index in [-0.39, 0.29) is 0 Å². The molecule has 0 aliphatic rings. The third-order valence-corrected chi connectivity index (χ3v) is 3.51. The molecule has 0 spiro atoms. The number of nitrogens with one attached hydrogen (secondary N) is 1. The Bertz CT molecular complexity index is 754. The topological polar surface area (TPSA) is 67.3 Å². The van der Waals surface area contributed by atoms with Crippen molar-refractivity contribution >= 4 is 16.7 Å². The zero-order valence-corrected chi connectivity index (χ0v) is 12.2. The molecule has 5 heteroatoms. The average molecular weight is 295 g/mol. The smallest absolute Gasteiger partial charge is 0.137 e. The van der Waals surface area contributed by atoms with Crippen molar-refractivity contribution < 1.29 is 9.84 Å². The van der Waals surface area contributed by atoms with E-state index in [4.69, 9.17) is 4.74 Å². The molecule has 0 radical (unpaired) electrons. The number of nitrogens with zero attached hydrogens (tertiary/aromatic N) is 2. The van der Waals surface area contributed by atoms with E-state index in [2.05, 4.69) is 15.3 Å². The Kier molecular flexibility index (Phi) is 4.16. The fourth-order valence-electron chi connectivity index (χ4n) is 2.28. The highest BCUT2D eigenvalue weighted by molar-refractivity contribution is 5.88. The first kappa shape index (κ1) is 14.3. The molecule has 2 aromatic carbocycles. The van der Waals surface area contributed by atoms with Gasteiger partial charge in [0.05, 0.1) is 18.7 Å². The van der Waals surface area contributed by atoms with Gasteiger partial charge in [-0.2, -0.15) is 0 Å². The molecule has 1 atom stereocenters. The second kappa shape index (κ2) is 6.41. The third kappa shape index (κ3) is 2.99. The number of methoxy groups -OCH3 is 1. The Morgan fingerprint density at radius 1 is 1.09 bits per heavy atom. The number of aliphatic hydroxyl groups excluding tert-OH is 1. The highest BCUT2D eigenvalue weighted by atomic mass is 16.5. The Hall–Kier alpha value is -2.66. The van der Waals surface area contributed by atoms with Crippen molar-refractivity contribution in [3.63, 3.8) is 0 Å². The number of rotatable bonds is 5. The first-order chi connectivity index (χ1) is 10.8. The minimum atomic E-state index is -0.625. The number of ether oxygens (including phenoxy) is 1. The van der Waals surface area contributed by atoms with Crippen LogP contribution in [0.1, 0.15) is 11.7 Å². The SMILES string of the molecule is COc1ccc(C(O)CNc2ncnc3ccccc23)cc1. The highest BCUT2D eigenvalue weighted by Crippen LogP contribution is 2.21. The zero-order chi connectivity index (χ0) is 15.4. The molecular formula is C17H17N3O2. The van der Waals surface area contributed by atoms with Gasteiger partial charge in [0.15, 0.2) is 0 Å². The Morgan fingerprint density at radius 3 is 2.64 bits per heavy atom. The van der Waals surface area contributed by atoms with Gasteiger partial charge in [0.2, 0.25) is 0 Å². The van der Waals surface area contributed by atoms with Gasteiger partial charge in [-0.1, -0.05) is 24.3 Å². The van der Waals surface area contributed by atoms with Crippen LogP contribution in [-0.2, 0) is 0 Å². The van der Waals surface area contributed by atoms with Crippen LogP contribution in [0.25, 0.3) is 10.9 Å². The second-order valence-electron chi connectivity index (χ2n) is 4.91. The summed E-state index contributed by atoms with van der Waals surface area (Å²) < 4.78 is 5.11. The summed E-state index contributed by atoms with van der Waals surface area (Å²) in [6, 6.07) is 15.1. The van der Waals surface area contributed by atoms with Gasteiger partial charge in [0, 0.05) is 11.9 Å². The van der Waals surface area contributed by atoms with Gasteiger partial charge in [-0.3, -0.25) is 0 Å². The van der Waals surface area contributed by atoms with Crippen molar-refractivity contribution in [2.75, 3.05) is 19.0 Å². The summed E-state index contributed by atoms with van der Waals surface area (Å²) in [6.45, 7) is 0.368. The van der Waals surface area contributed by atoms with E-state index < -0.39 is 6.10 Å². The van der Waals surface area contributed by atoms with E-state index in [1.165, 1.54) is 6.33 Å². The average Bonchev–Trinajstić information content (AvgIpc) is 2.59. The van der Waals surface area contributed by atoms with Crippen LogP contribution in [0.2, 0.25) is 0 Å². The molecule has 0 saturated carbocycles. The molecule has 5 nitrogen and oxygen atoms in total. The summed E-state index contributed by atoms with van der Waals surface area (Å²) in [5.74, 6) is 1.49. The van der Waals surface area contributed by atoms with Crippen LogP contribution in [0.15, 0.2) is 54.9 Å². The van der Waals surface area contributed by atoms with Crippen LogP contribution < -0.4 is 10.1 Å². The predicted octanol–water partition coefficient (Wildman–Crippen LogP) is 2.78. The molecule has 0 aliphatic heterocycles. The quantitative estimate of drug-likeness (QED) is 0.757. The van der Waals surface area contributed by atoms with Crippen molar-refractivity contribution in [1.29, 1.82) is 0 Å². The predicted molar refractivity (Wildman–Crippen MR) is 86.0 cm³/mol. The second-order valence-corrected chi connectivity index (χ2v) is 4.91. The van der Waals surface area contributed by atoms with E-state index in [1.54, 1.807) is 7.11 Å². The van der Waals surface area contributed by atoms with Crippen LogP contribution in [0, 0.1) is 0 Å². The molecule has 3 aromatic rings. The van der Waals surface area contributed by atoms with E-state index in [1.807, 2.05) is 48.5 Å². The molecule has 2 N–H and O–H groups in total. The first-order valence-electron chi connectivity index (χ1n) is 7.03. The molecular weight excluding hydrogens is 278 g/mol. The monoisotopic (exact) mass is 295 g/mol. The molecule has 0 fully saturated rings. The van der Waals surface area contributed by atoms with Crippen molar-refractivity contribution in [2.45, 2.75) is 6.10 Å². The van der Waals surface area contributed by atoms with Gasteiger partial charge in [-0.25, -0.2) is 9.97 Å². The number of para-hydroxylation sites is 1. The molecule has 0 aliphatic carbocycles. The molecule has 0 amide bonds. The lowest BCUT2D eigenvalue weighted by Crippen LogP contribution is -2.13. The van der Waals surface area contributed by atoms with Gasteiger partial charge in [0.25, 0.3) is 0 Å². The fourth-order valence-corrected chi connectivity index (χ4v) is 2.28. The number of hydrogen-bond acceptors (Lipinski definition) is 5. The van der Waals surface area contributed by atoms with Crippen molar-refractivity contribution in [2.24, 2.45) is 0 Å².